The molecule has 4 nitrogen and oxygen atoms in total. The third-order valence-corrected chi connectivity index (χ3v) is 1.83. The molecule has 1 amide bonds. The SMILES string of the molecule is CN(CC(=O)O)C(=O)c1cc(F)cc(F)c1. The van der Waals surface area contributed by atoms with Crippen molar-refractivity contribution in [1.29, 1.82) is 0 Å². The van der Waals surface area contributed by atoms with Gasteiger partial charge in [-0.1, -0.05) is 0 Å². The maximum atomic E-state index is 12.8. The fraction of sp³-hybridized carbons (Fsp3) is 0.200. The smallest absolute Gasteiger partial charge is 0.323 e. The van der Waals surface area contributed by atoms with E-state index in [1.807, 2.05) is 0 Å². The molecule has 0 saturated carbocycles. The van der Waals surface area contributed by atoms with Gasteiger partial charge in [0.25, 0.3) is 5.91 Å². The highest BCUT2D eigenvalue weighted by molar-refractivity contribution is 5.95. The average Bonchev–Trinajstić information content (AvgIpc) is 2.13. The molecule has 0 radical (unpaired) electrons. The van der Waals surface area contributed by atoms with E-state index in [0.717, 1.165) is 17.0 Å². The number of carbonyl (C=O) groups is 2. The van der Waals surface area contributed by atoms with E-state index < -0.39 is 30.1 Å². The number of carboxylic acid groups (broad SMARTS) is 1. The molecule has 6 heteroatoms. The number of hydrogen-bond donors (Lipinski definition) is 1. The van der Waals surface area contributed by atoms with Crippen LogP contribution in [0.1, 0.15) is 10.4 Å². The minimum atomic E-state index is -1.20. The summed E-state index contributed by atoms with van der Waals surface area (Å²) in [7, 11) is 1.24. The Bertz CT molecular complexity index is 414. The summed E-state index contributed by atoms with van der Waals surface area (Å²) >= 11 is 0. The van der Waals surface area contributed by atoms with E-state index in [9.17, 15) is 18.4 Å². The Labute approximate surface area is 90.1 Å². The molecule has 0 aliphatic heterocycles. The van der Waals surface area contributed by atoms with Gasteiger partial charge in [-0.15, -0.1) is 0 Å². The van der Waals surface area contributed by atoms with Crippen molar-refractivity contribution in [3.8, 4) is 0 Å². The largest absolute Gasteiger partial charge is 0.480 e. The van der Waals surface area contributed by atoms with Crippen LogP contribution in [0.4, 0.5) is 8.78 Å². The zero-order chi connectivity index (χ0) is 12.3. The van der Waals surface area contributed by atoms with E-state index in [2.05, 4.69) is 0 Å². The van der Waals surface area contributed by atoms with Gasteiger partial charge in [-0.2, -0.15) is 0 Å². The number of nitrogens with zero attached hydrogens (tertiary/aromatic N) is 1. The molecule has 0 fully saturated rings. The van der Waals surface area contributed by atoms with Crippen molar-refractivity contribution in [1.82, 2.24) is 4.90 Å². The van der Waals surface area contributed by atoms with E-state index in [0.29, 0.717) is 6.07 Å². The Balaban J connectivity index is 2.91. The van der Waals surface area contributed by atoms with E-state index in [1.165, 1.54) is 7.05 Å². The molecule has 1 aromatic carbocycles. The number of carbonyl (C=O) groups excluding carboxylic acids is 1. The highest BCUT2D eigenvalue weighted by Gasteiger charge is 2.15. The molecule has 0 saturated heterocycles. The summed E-state index contributed by atoms with van der Waals surface area (Å²) in [4.78, 5) is 22.7. The number of rotatable bonds is 3. The zero-order valence-electron chi connectivity index (χ0n) is 8.41. The lowest BCUT2D eigenvalue weighted by Gasteiger charge is -2.14. The van der Waals surface area contributed by atoms with Gasteiger partial charge in [0.15, 0.2) is 0 Å². The zero-order valence-corrected chi connectivity index (χ0v) is 8.41. The van der Waals surface area contributed by atoms with Crippen LogP contribution in [0.25, 0.3) is 0 Å². The molecule has 0 atom stereocenters. The molecule has 86 valence electrons. The van der Waals surface area contributed by atoms with E-state index >= 15 is 0 Å². The Kier molecular flexibility index (Phi) is 3.55. The number of likely N-dealkylation sites (N-methyl/N-ethyl adjacent to an activating group) is 1. The molecule has 0 aliphatic rings. The number of amides is 1. The molecule has 1 rings (SSSR count). The van der Waals surface area contributed by atoms with Crippen LogP contribution in [-0.2, 0) is 4.79 Å². The molecular formula is C10H9F2NO3. The van der Waals surface area contributed by atoms with Gasteiger partial charge >= 0.3 is 5.97 Å². The Hall–Kier alpha value is -1.98. The summed E-state index contributed by atoms with van der Waals surface area (Å²) < 4.78 is 25.6. The quantitative estimate of drug-likeness (QED) is 0.844. The number of halogens is 2. The monoisotopic (exact) mass is 229 g/mol. The summed E-state index contributed by atoms with van der Waals surface area (Å²) in [5.74, 6) is -3.72. The molecule has 1 aromatic rings. The van der Waals surface area contributed by atoms with E-state index in [1.54, 1.807) is 0 Å². The Morgan fingerprint density at radius 1 is 1.25 bits per heavy atom. The lowest BCUT2D eigenvalue weighted by molar-refractivity contribution is -0.137. The topological polar surface area (TPSA) is 57.6 Å². The van der Waals surface area contributed by atoms with Crippen molar-refractivity contribution in [2.24, 2.45) is 0 Å². The van der Waals surface area contributed by atoms with Gasteiger partial charge in [-0.05, 0) is 12.1 Å². The van der Waals surface area contributed by atoms with Crippen LogP contribution in [0.15, 0.2) is 18.2 Å². The molecular weight excluding hydrogens is 220 g/mol. The van der Waals surface area contributed by atoms with Crippen LogP contribution >= 0.6 is 0 Å². The van der Waals surface area contributed by atoms with Crippen molar-refractivity contribution in [3.05, 3.63) is 35.4 Å². The van der Waals surface area contributed by atoms with Crippen LogP contribution in [0.5, 0.6) is 0 Å². The molecule has 0 heterocycles. The van der Waals surface area contributed by atoms with Crippen LogP contribution in [0.2, 0.25) is 0 Å². The first-order valence-electron chi connectivity index (χ1n) is 4.33. The minimum absolute atomic E-state index is 0.221. The summed E-state index contributed by atoms with van der Waals surface area (Å²) in [6.45, 7) is -0.531. The van der Waals surface area contributed by atoms with Crippen LogP contribution in [-0.4, -0.2) is 35.5 Å². The highest BCUT2D eigenvalue weighted by atomic mass is 19.1. The second-order valence-electron chi connectivity index (χ2n) is 3.21. The maximum absolute atomic E-state index is 12.8. The standard InChI is InChI=1S/C10H9F2NO3/c1-13(5-9(14)15)10(16)6-2-7(11)4-8(12)3-6/h2-4H,5H2,1H3,(H,14,15). The lowest BCUT2D eigenvalue weighted by atomic mass is 10.2. The first-order valence-corrected chi connectivity index (χ1v) is 4.33. The molecule has 0 aliphatic carbocycles. The van der Waals surface area contributed by atoms with Gasteiger partial charge in [0.05, 0.1) is 0 Å². The number of benzene rings is 1. The normalized spacial score (nSPS) is 9.94. The maximum Gasteiger partial charge on any atom is 0.323 e. The van der Waals surface area contributed by atoms with Crippen LogP contribution < -0.4 is 0 Å². The molecule has 1 N–H and O–H groups in total. The van der Waals surface area contributed by atoms with Crippen molar-refractivity contribution < 1.29 is 23.5 Å². The predicted octanol–water partition coefficient (Wildman–Crippen LogP) is 1.12. The Morgan fingerprint density at radius 3 is 2.19 bits per heavy atom. The molecule has 0 aromatic heterocycles. The molecule has 0 unspecified atom stereocenters. The molecule has 0 spiro atoms. The van der Waals surface area contributed by atoms with Gasteiger partial charge in [0.2, 0.25) is 0 Å². The first kappa shape index (κ1) is 12.1. The summed E-state index contributed by atoms with van der Waals surface area (Å²) in [5.41, 5.74) is -0.221. The second-order valence-corrected chi connectivity index (χ2v) is 3.21. The van der Waals surface area contributed by atoms with Crippen molar-refractivity contribution in [2.75, 3.05) is 13.6 Å². The van der Waals surface area contributed by atoms with Crippen LogP contribution in [0.3, 0.4) is 0 Å². The first-order chi connectivity index (χ1) is 7.40. The third-order valence-electron chi connectivity index (χ3n) is 1.83. The molecule has 0 bridgehead atoms. The van der Waals surface area contributed by atoms with Gasteiger partial charge in [0, 0.05) is 18.7 Å². The Morgan fingerprint density at radius 2 is 1.75 bits per heavy atom. The minimum Gasteiger partial charge on any atom is -0.480 e. The fourth-order valence-electron chi connectivity index (χ4n) is 1.17. The second kappa shape index (κ2) is 4.69. The lowest BCUT2D eigenvalue weighted by Crippen LogP contribution is -2.32. The summed E-state index contributed by atoms with van der Waals surface area (Å²) in [5, 5.41) is 8.45. The predicted molar refractivity (Wildman–Crippen MR) is 51.0 cm³/mol. The number of aliphatic carboxylic acids is 1. The fourth-order valence-corrected chi connectivity index (χ4v) is 1.17. The van der Waals surface area contributed by atoms with Crippen molar-refractivity contribution in [2.45, 2.75) is 0 Å². The molecule has 16 heavy (non-hydrogen) atoms. The van der Waals surface area contributed by atoms with Gasteiger partial charge in [0.1, 0.15) is 18.2 Å². The summed E-state index contributed by atoms with van der Waals surface area (Å²) in [6, 6.07) is 2.33. The average molecular weight is 229 g/mol. The summed E-state index contributed by atoms with van der Waals surface area (Å²) in [6.07, 6.45) is 0. The number of hydrogen-bond acceptors (Lipinski definition) is 2. The van der Waals surface area contributed by atoms with Crippen LogP contribution in [0, 0.1) is 11.6 Å². The van der Waals surface area contributed by atoms with Gasteiger partial charge in [-0.3, -0.25) is 9.59 Å². The number of carboxylic acids is 1. The van der Waals surface area contributed by atoms with E-state index in [4.69, 9.17) is 5.11 Å². The van der Waals surface area contributed by atoms with E-state index in [-0.39, 0.29) is 5.56 Å². The highest BCUT2D eigenvalue weighted by Crippen LogP contribution is 2.09. The van der Waals surface area contributed by atoms with Gasteiger partial charge < -0.3 is 10.0 Å². The van der Waals surface area contributed by atoms with Crippen molar-refractivity contribution in [3.63, 3.8) is 0 Å². The van der Waals surface area contributed by atoms with Crippen molar-refractivity contribution >= 4 is 11.9 Å². The third kappa shape index (κ3) is 3.01. The van der Waals surface area contributed by atoms with Gasteiger partial charge in [-0.25, -0.2) is 8.78 Å².